The Morgan fingerprint density at radius 2 is 1.85 bits per heavy atom. The van der Waals surface area contributed by atoms with Gasteiger partial charge in [0, 0.05) is 26.1 Å². The molecule has 0 aromatic carbocycles. The number of aromatic nitrogens is 1. The molecule has 0 saturated carbocycles. The lowest BCUT2D eigenvalue weighted by atomic mass is 10.2. The maximum absolute atomic E-state index is 11.8. The van der Waals surface area contributed by atoms with Gasteiger partial charge in [-0.3, -0.25) is 0 Å². The van der Waals surface area contributed by atoms with E-state index in [1.807, 2.05) is 18.4 Å². The molecular formula is C14H24BrNO3Si. The van der Waals surface area contributed by atoms with E-state index < -0.39 is 8.07 Å². The fourth-order valence-electron chi connectivity index (χ4n) is 1.91. The van der Waals surface area contributed by atoms with Crippen LogP contribution in [-0.4, -0.2) is 32.3 Å². The van der Waals surface area contributed by atoms with Gasteiger partial charge in [0.1, 0.15) is 6.73 Å². The van der Waals surface area contributed by atoms with E-state index in [-0.39, 0.29) is 5.97 Å². The summed E-state index contributed by atoms with van der Waals surface area (Å²) in [6, 6.07) is 1.14. The molecule has 0 bridgehead atoms. The van der Waals surface area contributed by atoms with Gasteiger partial charge in [0.15, 0.2) is 0 Å². The number of carbonyl (C=O) groups excluding carboxylic acids is 1. The second-order valence-corrected chi connectivity index (χ2v) is 12.5. The van der Waals surface area contributed by atoms with E-state index in [9.17, 15) is 4.79 Å². The number of nitrogens with zero attached hydrogens (tertiary/aromatic N) is 1. The van der Waals surface area contributed by atoms with E-state index in [0.717, 1.165) is 28.5 Å². The van der Waals surface area contributed by atoms with Crippen molar-refractivity contribution in [3.63, 3.8) is 0 Å². The molecule has 0 spiro atoms. The maximum atomic E-state index is 11.8. The summed E-state index contributed by atoms with van der Waals surface area (Å²) in [6.07, 6.45) is 0. The first-order valence-corrected chi connectivity index (χ1v) is 11.2. The molecule has 114 valence electrons. The summed E-state index contributed by atoms with van der Waals surface area (Å²) < 4.78 is 13.4. The Bertz CT molecular complexity index is 492. The van der Waals surface area contributed by atoms with Gasteiger partial charge >= 0.3 is 5.97 Å². The minimum atomic E-state index is -1.07. The van der Waals surface area contributed by atoms with Crippen LogP contribution in [0.4, 0.5) is 0 Å². The van der Waals surface area contributed by atoms with Gasteiger partial charge in [-0.2, -0.15) is 0 Å². The molecule has 0 saturated heterocycles. The highest BCUT2D eigenvalue weighted by molar-refractivity contribution is 9.10. The van der Waals surface area contributed by atoms with Crippen molar-refractivity contribution in [3.05, 3.63) is 21.4 Å². The second kappa shape index (κ2) is 6.91. The first kappa shape index (κ1) is 17.5. The third-order valence-corrected chi connectivity index (χ3v) is 5.99. The van der Waals surface area contributed by atoms with E-state index in [2.05, 4.69) is 35.6 Å². The van der Waals surface area contributed by atoms with Crippen LogP contribution in [-0.2, 0) is 16.2 Å². The van der Waals surface area contributed by atoms with Gasteiger partial charge in [0.2, 0.25) is 0 Å². The van der Waals surface area contributed by atoms with Crippen LogP contribution in [0.3, 0.4) is 0 Å². The molecule has 6 heteroatoms. The molecule has 1 rings (SSSR count). The first-order chi connectivity index (χ1) is 9.19. The average molecular weight is 362 g/mol. The third-order valence-electron chi connectivity index (χ3n) is 3.32. The molecule has 0 amide bonds. The lowest BCUT2D eigenvalue weighted by molar-refractivity contribution is 0.0596. The Kier molecular flexibility index (Phi) is 6.03. The standard InChI is InChI=1S/C14H24BrNO3Si/c1-10-12(14(17)18-3)13(15)11(2)16(10)9-19-7-8-20(4,5)6/h7-9H2,1-6H3. The van der Waals surface area contributed by atoms with Crippen LogP contribution in [0, 0.1) is 13.8 Å². The van der Waals surface area contributed by atoms with Crippen molar-refractivity contribution in [3.8, 4) is 0 Å². The summed E-state index contributed by atoms with van der Waals surface area (Å²) >= 11 is 3.46. The monoisotopic (exact) mass is 361 g/mol. The van der Waals surface area contributed by atoms with Crippen LogP contribution in [0.5, 0.6) is 0 Å². The Morgan fingerprint density at radius 1 is 1.25 bits per heavy atom. The van der Waals surface area contributed by atoms with Gasteiger partial charge in [-0.05, 0) is 35.8 Å². The van der Waals surface area contributed by atoms with Crippen LogP contribution in [0.25, 0.3) is 0 Å². The minimum Gasteiger partial charge on any atom is -0.465 e. The highest BCUT2D eigenvalue weighted by atomic mass is 79.9. The van der Waals surface area contributed by atoms with Gasteiger partial charge in [-0.1, -0.05) is 19.6 Å². The number of methoxy groups -OCH3 is 1. The number of esters is 1. The first-order valence-electron chi connectivity index (χ1n) is 6.70. The van der Waals surface area contributed by atoms with Gasteiger partial charge in [0.25, 0.3) is 0 Å². The quantitative estimate of drug-likeness (QED) is 0.437. The number of rotatable bonds is 6. The largest absolute Gasteiger partial charge is 0.465 e. The molecule has 0 N–H and O–H groups in total. The summed E-state index contributed by atoms with van der Waals surface area (Å²) in [5.74, 6) is -0.321. The highest BCUT2D eigenvalue weighted by Gasteiger charge is 2.22. The lowest BCUT2D eigenvalue weighted by Gasteiger charge is -2.16. The Labute approximate surface area is 130 Å². The van der Waals surface area contributed by atoms with Crippen molar-refractivity contribution in [1.29, 1.82) is 0 Å². The van der Waals surface area contributed by atoms with Crippen LogP contribution in [0.1, 0.15) is 21.7 Å². The molecule has 0 aliphatic carbocycles. The van der Waals surface area contributed by atoms with Crippen LogP contribution < -0.4 is 0 Å². The molecule has 0 aliphatic heterocycles. The number of hydrogen-bond donors (Lipinski definition) is 0. The zero-order chi connectivity index (χ0) is 15.5. The fraction of sp³-hybridized carbons (Fsp3) is 0.643. The van der Waals surface area contributed by atoms with Crippen LogP contribution >= 0.6 is 15.9 Å². The van der Waals surface area contributed by atoms with Gasteiger partial charge in [-0.25, -0.2) is 4.79 Å². The molecule has 0 radical (unpaired) electrons. The van der Waals surface area contributed by atoms with Gasteiger partial charge < -0.3 is 14.0 Å². The fourth-order valence-corrected chi connectivity index (χ4v) is 3.33. The van der Waals surface area contributed by atoms with Gasteiger partial charge in [-0.15, -0.1) is 0 Å². The topological polar surface area (TPSA) is 40.5 Å². The van der Waals surface area contributed by atoms with Crippen LogP contribution in [0.15, 0.2) is 4.47 Å². The molecule has 1 aromatic heterocycles. The third kappa shape index (κ3) is 4.20. The summed E-state index contributed by atoms with van der Waals surface area (Å²) in [7, 11) is 0.325. The Hall–Kier alpha value is -0.593. The SMILES string of the molecule is COC(=O)c1c(Br)c(C)n(COCC[Si](C)(C)C)c1C. The van der Waals surface area contributed by atoms with Crippen molar-refractivity contribution >= 4 is 30.0 Å². The predicted octanol–water partition coefficient (Wildman–Crippen LogP) is 3.97. The zero-order valence-corrected chi connectivity index (χ0v) is 15.8. The molecule has 20 heavy (non-hydrogen) atoms. The Balaban J connectivity index is 2.79. The predicted molar refractivity (Wildman–Crippen MR) is 87.1 cm³/mol. The van der Waals surface area contributed by atoms with Crippen molar-refractivity contribution in [2.24, 2.45) is 0 Å². The smallest absolute Gasteiger partial charge is 0.340 e. The van der Waals surface area contributed by atoms with Crippen molar-refractivity contribution in [2.45, 2.75) is 46.3 Å². The van der Waals surface area contributed by atoms with Crippen LogP contribution in [0.2, 0.25) is 25.7 Å². The second-order valence-electron chi connectivity index (χ2n) is 6.13. The molecule has 4 nitrogen and oxygen atoms in total. The minimum absolute atomic E-state index is 0.321. The Morgan fingerprint density at radius 3 is 2.35 bits per heavy atom. The van der Waals surface area contributed by atoms with Crippen molar-refractivity contribution < 1.29 is 14.3 Å². The van der Waals surface area contributed by atoms with E-state index in [4.69, 9.17) is 9.47 Å². The molecular weight excluding hydrogens is 338 g/mol. The van der Waals surface area contributed by atoms with Gasteiger partial charge in [0.05, 0.1) is 17.1 Å². The molecule has 0 aliphatic rings. The molecule has 0 atom stereocenters. The number of ether oxygens (including phenoxy) is 2. The molecule has 0 unspecified atom stereocenters. The van der Waals surface area contributed by atoms with E-state index >= 15 is 0 Å². The number of carbonyl (C=O) groups is 1. The highest BCUT2D eigenvalue weighted by Crippen LogP contribution is 2.28. The lowest BCUT2D eigenvalue weighted by Crippen LogP contribution is -2.22. The number of halogens is 1. The summed E-state index contributed by atoms with van der Waals surface area (Å²) in [5.41, 5.74) is 2.43. The molecule has 1 aromatic rings. The van der Waals surface area contributed by atoms with Crippen molar-refractivity contribution in [2.75, 3.05) is 13.7 Å². The summed E-state index contributed by atoms with van der Waals surface area (Å²) in [6.45, 7) is 12.1. The average Bonchev–Trinajstić information content (AvgIpc) is 2.55. The van der Waals surface area contributed by atoms with Crippen molar-refractivity contribution in [1.82, 2.24) is 4.57 Å². The molecule has 0 fully saturated rings. The zero-order valence-electron chi connectivity index (χ0n) is 13.2. The summed E-state index contributed by atoms with van der Waals surface area (Å²) in [4.78, 5) is 11.8. The maximum Gasteiger partial charge on any atom is 0.340 e. The van der Waals surface area contributed by atoms with E-state index in [1.165, 1.54) is 7.11 Å². The number of hydrogen-bond acceptors (Lipinski definition) is 3. The van der Waals surface area contributed by atoms with E-state index in [1.54, 1.807) is 0 Å². The summed E-state index contributed by atoms with van der Waals surface area (Å²) in [5, 5.41) is 0. The molecule has 1 heterocycles. The normalized spacial score (nSPS) is 11.8. The van der Waals surface area contributed by atoms with E-state index in [0.29, 0.717) is 12.3 Å².